The van der Waals surface area contributed by atoms with Gasteiger partial charge < -0.3 is 5.11 Å². The molecule has 4 unspecified atom stereocenters. The van der Waals surface area contributed by atoms with Crippen LogP contribution >= 0.6 is 0 Å². The van der Waals surface area contributed by atoms with E-state index in [2.05, 4.69) is 49.1 Å². The molecule has 1 aromatic carbocycles. The lowest BCUT2D eigenvalue weighted by molar-refractivity contribution is -0.000469. The molecule has 2 fully saturated rings. The van der Waals surface area contributed by atoms with Crippen molar-refractivity contribution >= 4 is 0 Å². The van der Waals surface area contributed by atoms with Crippen LogP contribution in [0.1, 0.15) is 57.4 Å². The third kappa shape index (κ3) is 3.17. The Kier molecular flexibility index (Phi) is 4.66. The molecule has 1 heterocycles. The zero-order chi connectivity index (χ0) is 14.8. The zero-order valence-corrected chi connectivity index (χ0v) is 13.4. The molecule has 0 aromatic heterocycles. The molecule has 2 aliphatic rings. The van der Waals surface area contributed by atoms with Crippen LogP contribution in [0, 0.1) is 5.92 Å². The fraction of sp³-hybridized carbons (Fsp3) is 0.684. The summed E-state index contributed by atoms with van der Waals surface area (Å²) in [5.74, 6) is 1.31. The van der Waals surface area contributed by atoms with Crippen LogP contribution in [0.3, 0.4) is 0 Å². The average molecular weight is 287 g/mol. The lowest BCUT2D eigenvalue weighted by Gasteiger charge is -2.42. The number of nitrogens with zero attached hydrogens (tertiary/aromatic N) is 1. The van der Waals surface area contributed by atoms with E-state index in [-0.39, 0.29) is 6.10 Å². The first-order chi connectivity index (χ1) is 10.2. The van der Waals surface area contributed by atoms with Crippen molar-refractivity contribution < 1.29 is 5.11 Å². The van der Waals surface area contributed by atoms with Gasteiger partial charge in [-0.15, -0.1) is 0 Å². The van der Waals surface area contributed by atoms with E-state index >= 15 is 0 Å². The molecule has 0 bridgehead atoms. The van der Waals surface area contributed by atoms with Crippen LogP contribution in [0.25, 0.3) is 0 Å². The summed E-state index contributed by atoms with van der Waals surface area (Å²) in [5, 5.41) is 10.6. The Morgan fingerprint density at radius 3 is 2.57 bits per heavy atom. The van der Waals surface area contributed by atoms with E-state index in [1.54, 1.807) is 0 Å². The van der Waals surface area contributed by atoms with Crippen molar-refractivity contribution in [1.29, 1.82) is 0 Å². The maximum absolute atomic E-state index is 10.6. The first-order valence-electron chi connectivity index (χ1n) is 8.65. The van der Waals surface area contributed by atoms with Gasteiger partial charge in [0.25, 0.3) is 0 Å². The summed E-state index contributed by atoms with van der Waals surface area (Å²) in [7, 11) is 0. The van der Waals surface area contributed by atoms with E-state index in [1.807, 2.05) is 0 Å². The molecule has 0 radical (unpaired) electrons. The Balaban J connectivity index is 1.75. The van der Waals surface area contributed by atoms with E-state index in [0.717, 1.165) is 19.3 Å². The fourth-order valence-corrected chi connectivity index (χ4v) is 4.46. The quantitative estimate of drug-likeness (QED) is 0.914. The predicted octanol–water partition coefficient (Wildman–Crippen LogP) is 3.80. The van der Waals surface area contributed by atoms with Gasteiger partial charge in [0, 0.05) is 12.1 Å². The summed E-state index contributed by atoms with van der Waals surface area (Å²) in [6.07, 6.45) is 5.66. The van der Waals surface area contributed by atoms with Crippen molar-refractivity contribution in [3.8, 4) is 0 Å². The van der Waals surface area contributed by atoms with Gasteiger partial charge in [-0.25, -0.2) is 0 Å². The van der Waals surface area contributed by atoms with Gasteiger partial charge in [-0.2, -0.15) is 0 Å². The fourth-order valence-electron chi connectivity index (χ4n) is 4.46. The van der Waals surface area contributed by atoms with E-state index in [4.69, 9.17) is 0 Å². The highest BCUT2D eigenvalue weighted by Gasteiger charge is 2.39. The van der Waals surface area contributed by atoms with E-state index < -0.39 is 0 Å². The van der Waals surface area contributed by atoms with Crippen LogP contribution in [0.2, 0.25) is 0 Å². The van der Waals surface area contributed by atoms with E-state index in [0.29, 0.717) is 23.9 Å². The summed E-state index contributed by atoms with van der Waals surface area (Å²) in [6, 6.07) is 11.9. The molecule has 2 heteroatoms. The van der Waals surface area contributed by atoms with Gasteiger partial charge in [-0.3, -0.25) is 4.90 Å². The standard InChI is InChI=1S/C19H29NO/c1-14(2)17-9-6-12-20(17)18-13-16(10-11-19(18)21)15-7-4-3-5-8-15/h3-5,7-8,14,16-19,21H,6,9-13H2,1-2H3. The summed E-state index contributed by atoms with van der Waals surface area (Å²) in [4.78, 5) is 2.63. The molecule has 116 valence electrons. The highest BCUT2D eigenvalue weighted by Crippen LogP contribution is 2.38. The van der Waals surface area contributed by atoms with Crippen molar-refractivity contribution in [3.63, 3.8) is 0 Å². The molecule has 21 heavy (non-hydrogen) atoms. The molecular weight excluding hydrogens is 258 g/mol. The minimum atomic E-state index is -0.135. The van der Waals surface area contributed by atoms with Crippen molar-refractivity contribution in [2.24, 2.45) is 5.92 Å². The lowest BCUT2D eigenvalue weighted by Crippen LogP contribution is -2.50. The Morgan fingerprint density at radius 2 is 1.86 bits per heavy atom. The largest absolute Gasteiger partial charge is 0.391 e. The van der Waals surface area contributed by atoms with E-state index in [1.165, 1.54) is 24.9 Å². The van der Waals surface area contributed by atoms with E-state index in [9.17, 15) is 5.11 Å². The predicted molar refractivity (Wildman–Crippen MR) is 87.4 cm³/mol. The molecule has 2 nitrogen and oxygen atoms in total. The first kappa shape index (κ1) is 15.1. The van der Waals surface area contributed by atoms with Crippen molar-refractivity contribution in [2.75, 3.05) is 6.54 Å². The van der Waals surface area contributed by atoms with Gasteiger partial charge in [0.2, 0.25) is 0 Å². The van der Waals surface area contributed by atoms with Crippen LogP contribution in [0.4, 0.5) is 0 Å². The molecule has 1 saturated heterocycles. The summed E-state index contributed by atoms with van der Waals surface area (Å²) < 4.78 is 0. The summed E-state index contributed by atoms with van der Waals surface area (Å²) in [5.41, 5.74) is 1.45. The van der Waals surface area contributed by atoms with Crippen LogP contribution in [-0.2, 0) is 0 Å². The molecule has 0 amide bonds. The minimum absolute atomic E-state index is 0.135. The van der Waals surface area contributed by atoms with Crippen LogP contribution in [0.5, 0.6) is 0 Å². The number of hydrogen-bond donors (Lipinski definition) is 1. The molecule has 1 aliphatic heterocycles. The molecule has 3 rings (SSSR count). The summed E-state index contributed by atoms with van der Waals surface area (Å²) in [6.45, 7) is 5.83. The normalized spacial score (nSPS) is 34.5. The smallest absolute Gasteiger partial charge is 0.0695 e. The Morgan fingerprint density at radius 1 is 1.10 bits per heavy atom. The SMILES string of the molecule is CC(C)C1CCCN1C1CC(c2ccccc2)CCC1O. The van der Waals surface area contributed by atoms with Gasteiger partial charge in [-0.1, -0.05) is 44.2 Å². The van der Waals surface area contributed by atoms with Crippen molar-refractivity contribution in [3.05, 3.63) is 35.9 Å². The van der Waals surface area contributed by atoms with Crippen LogP contribution in [-0.4, -0.2) is 34.7 Å². The van der Waals surface area contributed by atoms with Gasteiger partial charge in [-0.05, 0) is 56.0 Å². The number of aliphatic hydroxyl groups is 1. The zero-order valence-electron chi connectivity index (χ0n) is 13.4. The van der Waals surface area contributed by atoms with Gasteiger partial charge in [0.05, 0.1) is 6.10 Å². The second-order valence-corrected chi connectivity index (χ2v) is 7.25. The third-order valence-corrected chi connectivity index (χ3v) is 5.59. The molecule has 1 N–H and O–H groups in total. The molecule has 4 atom stereocenters. The van der Waals surface area contributed by atoms with Crippen LogP contribution in [0.15, 0.2) is 30.3 Å². The number of aliphatic hydroxyl groups excluding tert-OH is 1. The first-order valence-corrected chi connectivity index (χ1v) is 8.65. The highest BCUT2D eigenvalue weighted by atomic mass is 16.3. The summed E-state index contributed by atoms with van der Waals surface area (Å²) >= 11 is 0. The molecule has 0 spiro atoms. The Hall–Kier alpha value is -0.860. The number of rotatable bonds is 3. The molecular formula is C19H29NO. The number of likely N-dealkylation sites (tertiary alicyclic amines) is 1. The Bertz CT molecular complexity index is 444. The Labute approximate surface area is 129 Å². The maximum atomic E-state index is 10.6. The molecule has 1 saturated carbocycles. The minimum Gasteiger partial charge on any atom is -0.391 e. The second-order valence-electron chi connectivity index (χ2n) is 7.25. The molecule has 1 aliphatic carbocycles. The number of hydrogen-bond acceptors (Lipinski definition) is 2. The average Bonchev–Trinajstić information content (AvgIpc) is 2.98. The van der Waals surface area contributed by atoms with Gasteiger partial charge in [0.15, 0.2) is 0 Å². The van der Waals surface area contributed by atoms with Gasteiger partial charge >= 0.3 is 0 Å². The van der Waals surface area contributed by atoms with Crippen LogP contribution < -0.4 is 0 Å². The lowest BCUT2D eigenvalue weighted by atomic mass is 9.79. The highest BCUT2D eigenvalue weighted by molar-refractivity contribution is 5.21. The topological polar surface area (TPSA) is 23.5 Å². The third-order valence-electron chi connectivity index (χ3n) is 5.59. The second kappa shape index (κ2) is 6.50. The van der Waals surface area contributed by atoms with Gasteiger partial charge in [0.1, 0.15) is 0 Å². The maximum Gasteiger partial charge on any atom is 0.0695 e. The monoisotopic (exact) mass is 287 g/mol. The van der Waals surface area contributed by atoms with Crippen molar-refractivity contribution in [1.82, 2.24) is 4.90 Å². The van der Waals surface area contributed by atoms with Crippen molar-refractivity contribution in [2.45, 2.75) is 70.1 Å². The number of benzene rings is 1. The molecule has 1 aromatic rings.